The van der Waals surface area contributed by atoms with Gasteiger partial charge in [0.1, 0.15) is 10.9 Å². The molecule has 0 unspecified atom stereocenters. The summed E-state index contributed by atoms with van der Waals surface area (Å²) >= 11 is 1.76. The number of nitrogens with one attached hydrogen (secondary N) is 1. The van der Waals surface area contributed by atoms with Gasteiger partial charge in [-0.3, -0.25) is 9.59 Å². The molecule has 1 N–H and O–H groups in total. The Balaban J connectivity index is 1.53. The van der Waals surface area contributed by atoms with Gasteiger partial charge in [-0.2, -0.15) is 0 Å². The number of hydrogen-bond donors (Lipinski definition) is 1. The summed E-state index contributed by atoms with van der Waals surface area (Å²) < 4.78 is 0. The van der Waals surface area contributed by atoms with Crippen LogP contribution in [0.5, 0.6) is 0 Å². The molecule has 2 atom stereocenters. The van der Waals surface area contributed by atoms with Gasteiger partial charge in [-0.15, -0.1) is 11.8 Å². The molecule has 1 aromatic carbocycles. The monoisotopic (exact) mass is 358 g/mol. The van der Waals surface area contributed by atoms with Gasteiger partial charge >= 0.3 is 0 Å². The molecule has 4 nitrogen and oxygen atoms in total. The lowest BCUT2D eigenvalue weighted by Gasteiger charge is -2.34. The molecule has 2 heterocycles. The van der Waals surface area contributed by atoms with Crippen molar-refractivity contribution in [2.24, 2.45) is 0 Å². The van der Waals surface area contributed by atoms with Gasteiger partial charge in [-0.05, 0) is 24.8 Å². The first-order valence-corrected chi connectivity index (χ1v) is 10.5. The molecule has 3 fully saturated rings. The molecule has 0 aromatic heterocycles. The summed E-state index contributed by atoms with van der Waals surface area (Å²) in [4.78, 5) is 27.1. The predicted molar refractivity (Wildman–Crippen MR) is 100 cm³/mol. The van der Waals surface area contributed by atoms with Gasteiger partial charge < -0.3 is 10.2 Å². The largest absolute Gasteiger partial charge is 0.352 e. The number of nitrogens with zero attached hydrogens (tertiary/aromatic N) is 1. The maximum absolute atomic E-state index is 13.0. The summed E-state index contributed by atoms with van der Waals surface area (Å²) in [6.45, 7) is 0. The maximum Gasteiger partial charge on any atom is 0.243 e. The minimum atomic E-state index is -0.343. The van der Waals surface area contributed by atoms with Gasteiger partial charge in [0.15, 0.2) is 0 Å². The van der Waals surface area contributed by atoms with Crippen LogP contribution in [-0.2, 0) is 14.5 Å². The van der Waals surface area contributed by atoms with E-state index in [4.69, 9.17) is 0 Å². The average Bonchev–Trinajstić information content (AvgIpc) is 3.06. The summed E-state index contributed by atoms with van der Waals surface area (Å²) in [6.07, 6.45) is 8.41. The molecule has 0 spiro atoms. The maximum atomic E-state index is 13.0. The van der Waals surface area contributed by atoms with Crippen molar-refractivity contribution in [1.82, 2.24) is 10.2 Å². The Morgan fingerprint density at radius 1 is 1.12 bits per heavy atom. The van der Waals surface area contributed by atoms with Crippen LogP contribution in [0, 0.1) is 0 Å². The van der Waals surface area contributed by atoms with Crippen molar-refractivity contribution in [3.63, 3.8) is 0 Å². The topological polar surface area (TPSA) is 49.4 Å². The van der Waals surface area contributed by atoms with Crippen LogP contribution in [0.15, 0.2) is 30.3 Å². The van der Waals surface area contributed by atoms with Gasteiger partial charge in [-0.1, -0.05) is 56.0 Å². The van der Waals surface area contributed by atoms with Crippen LogP contribution in [0.1, 0.15) is 56.9 Å². The molecule has 4 rings (SSSR count). The van der Waals surface area contributed by atoms with Crippen molar-refractivity contribution < 1.29 is 9.59 Å². The first-order valence-electron chi connectivity index (χ1n) is 9.53. The van der Waals surface area contributed by atoms with Crippen molar-refractivity contribution in [3.05, 3.63) is 35.9 Å². The van der Waals surface area contributed by atoms with E-state index in [-0.39, 0.29) is 28.8 Å². The normalized spacial score (nSPS) is 30.2. The van der Waals surface area contributed by atoms with Crippen LogP contribution in [0.3, 0.4) is 0 Å². The van der Waals surface area contributed by atoms with Crippen LogP contribution in [0.4, 0.5) is 0 Å². The summed E-state index contributed by atoms with van der Waals surface area (Å²) in [7, 11) is 0. The number of hydrogen-bond acceptors (Lipinski definition) is 3. The van der Waals surface area contributed by atoms with Crippen molar-refractivity contribution in [1.29, 1.82) is 0 Å². The molecular formula is C20H26N2O2S. The van der Waals surface area contributed by atoms with Crippen molar-refractivity contribution in [2.75, 3.05) is 5.75 Å². The Hall–Kier alpha value is -1.49. The van der Waals surface area contributed by atoms with Crippen LogP contribution in [-0.4, -0.2) is 34.6 Å². The molecule has 1 aromatic rings. The van der Waals surface area contributed by atoms with E-state index in [1.165, 1.54) is 25.7 Å². The van der Waals surface area contributed by atoms with E-state index < -0.39 is 0 Å². The first kappa shape index (κ1) is 17.0. The number of carbonyl (C=O) groups is 2. The molecule has 2 aliphatic heterocycles. The fraction of sp³-hybridized carbons (Fsp3) is 0.600. The van der Waals surface area contributed by atoms with E-state index in [1.807, 2.05) is 23.1 Å². The zero-order chi connectivity index (χ0) is 17.3. The lowest BCUT2D eigenvalue weighted by atomic mass is 10.0. The van der Waals surface area contributed by atoms with Gasteiger partial charge in [0.05, 0.1) is 0 Å². The molecule has 0 radical (unpaired) electrons. The number of thioether (sulfide) groups is 1. The lowest BCUT2D eigenvalue weighted by molar-refractivity contribution is -0.138. The van der Waals surface area contributed by atoms with Crippen LogP contribution in [0.25, 0.3) is 0 Å². The highest BCUT2D eigenvalue weighted by Crippen LogP contribution is 2.54. The quantitative estimate of drug-likeness (QED) is 0.843. The molecule has 2 amide bonds. The fourth-order valence-electron chi connectivity index (χ4n) is 4.56. The fourth-order valence-corrected chi connectivity index (χ4v) is 6.21. The van der Waals surface area contributed by atoms with Crippen LogP contribution < -0.4 is 5.32 Å². The summed E-state index contributed by atoms with van der Waals surface area (Å²) in [6, 6.07) is 10.2. The highest BCUT2D eigenvalue weighted by atomic mass is 32.2. The van der Waals surface area contributed by atoms with Crippen molar-refractivity contribution >= 4 is 23.6 Å². The molecule has 1 aliphatic carbocycles. The molecule has 134 valence electrons. The number of carbonyl (C=O) groups excluding carboxylic acids is 2. The Labute approximate surface area is 153 Å². The zero-order valence-corrected chi connectivity index (χ0v) is 15.4. The minimum absolute atomic E-state index is 0.0486. The minimum Gasteiger partial charge on any atom is -0.352 e. The summed E-state index contributed by atoms with van der Waals surface area (Å²) in [5.41, 5.74) is 1.15. The first-order chi connectivity index (χ1) is 12.2. The van der Waals surface area contributed by atoms with E-state index in [2.05, 4.69) is 17.4 Å². The molecule has 0 bridgehead atoms. The molecule has 1 saturated carbocycles. The average molecular weight is 359 g/mol. The highest BCUT2D eigenvalue weighted by Gasteiger charge is 2.56. The zero-order valence-electron chi connectivity index (χ0n) is 14.6. The van der Waals surface area contributed by atoms with Crippen LogP contribution >= 0.6 is 11.8 Å². The third-order valence-corrected chi connectivity index (χ3v) is 7.45. The third-order valence-electron chi connectivity index (χ3n) is 5.86. The van der Waals surface area contributed by atoms with Crippen LogP contribution in [0.2, 0.25) is 0 Å². The second kappa shape index (κ2) is 7.02. The number of amides is 2. The van der Waals surface area contributed by atoms with Gasteiger partial charge in [0.2, 0.25) is 11.8 Å². The molecule has 5 heteroatoms. The molecule has 3 aliphatic rings. The molecule has 25 heavy (non-hydrogen) atoms. The molecule has 2 saturated heterocycles. The Bertz CT molecular complexity index is 642. The lowest BCUT2D eigenvalue weighted by Crippen LogP contribution is -2.52. The Kier molecular flexibility index (Phi) is 4.76. The second-order valence-corrected chi connectivity index (χ2v) is 8.74. The van der Waals surface area contributed by atoms with Crippen molar-refractivity contribution in [2.45, 2.75) is 68.3 Å². The van der Waals surface area contributed by atoms with Gasteiger partial charge in [-0.25, -0.2) is 0 Å². The number of benzene rings is 1. The standard InChI is InChI=1S/C20H26N2O2S/c23-18-12-13-20(15-8-4-3-5-9-15)22(18)17(14-25-20)19(24)21-16-10-6-1-2-7-11-16/h3-5,8-9,16-17H,1-2,6-7,10-14H2,(H,21,24)/t17-,20-/m0/s1. The number of rotatable bonds is 3. The van der Waals surface area contributed by atoms with Crippen molar-refractivity contribution in [3.8, 4) is 0 Å². The van der Waals surface area contributed by atoms with E-state index in [0.29, 0.717) is 12.2 Å². The van der Waals surface area contributed by atoms with E-state index >= 15 is 0 Å². The summed E-state index contributed by atoms with van der Waals surface area (Å²) in [5.74, 6) is 0.862. The predicted octanol–water partition coefficient (Wildman–Crippen LogP) is 3.42. The van der Waals surface area contributed by atoms with E-state index in [1.54, 1.807) is 11.8 Å². The molecular weight excluding hydrogens is 332 g/mol. The number of fused-ring (bicyclic) bond motifs is 1. The smallest absolute Gasteiger partial charge is 0.243 e. The SMILES string of the molecule is O=C(NC1CCCCCC1)[C@@H]1CS[C@]2(c3ccccc3)CCC(=O)N12. The Morgan fingerprint density at radius 2 is 1.84 bits per heavy atom. The van der Waals surface area contributed by atoms with E-state index in [9.17, 15) is 9.59 Å². The van der Waals surface area contributed by atoms with Gasteiger partial charge in [0.25, 0.3) is 0 Å². The second-order valence-electron chi connectivity index (χ2n) is 7.44. The summed E-state index contributed by atoms with van der Waals surface area (Å²) in [5, 5.41) is 3.26. The Morgan fingerprint density at radius 3 is 2.56 bits per heavy atom. The van der Waals surface area contributed by atoms with E-state index in [0.717, 1.165) is 24.8 Å². The highest BCUT2D eigenvalue weighted by molar-refractivity contribution is 8.00. The third kappa shape index (κ3) is 3.07. The van der Waals surface area contributed by atoms with Gasteiger partial charge in [0, 0.05) is 18.2 Å².